The van der Waals surface area contributed by atoms with Gasteiger partial charge in [-0.2, -0.15) is 4.37 Å². The van der Waals surface area contributed by atoms with E-state index in [0.29, 0.717) is 18.4 Å². The summed E-state index contributed by atoms with van der Waals surface area (Å²) < 4.78 is 60.2. The SMILES string of the molecule is Nc1cc([C@@H]2CCCCN2Cc2cc(F)c(S(=O)(=O)Nc3ncns3)cc2F)ccn1. The topological polar surface area (TPSA) is 114 Å². The van der Waals surface area contributed by atoms with Crippen molar-refractivity contribution >= 4 is 32.5 Å². The third-order valence-electron chi connectivity index (χ3n) is 5.15. The number of aromatic nitrogens is 3. The highest BCUT2D eigenvalue weighted by molar-refractivity contribution is 7.93. The Bertz CT molecular complexity index is 1170. The van der Waals surface area contributed by atoms with Gasteiger partial charge in [-0.1, -0.05) is 6.42 Å². The lowest BCUT2D eigenvalue weighted by Crippen LogP contribution is -2.33. The number of pyridine rings is 1. The molecule has 4 rings (SSSR count). The number of anilines is 2. The highest BCUT2D eigenvalue weighted by Gasteiger charge is 2.27. The van der Waals surface area contributed by atoms with E-state index in [1.165, 1.54) is 0 Å². The molecule has 0 amide bonds. The molecule has 1 aliphatic heterocycles. The summed E-state index contributed by atoms with van der Waals surface area (Å²) in [5.41, 5.74) is 6.85. The Kier molecular flexibility index (Phi) is 6.12. The number of likely N-dealkylation sites (tertiary alicyclic amines) is 1. The quantitative estimate of drug-likeness (QED) is 0.573. The van der Waals surface area contributed by atoms with Crippen molar-refractivity contribution < 1.29 is 17.2 Å². The predicted octanol–water partition coefficient (Wildman–Crippen LogP) is 3.32. The van der Waals surface area contributed by atoms with Crippen LogP contribution < -0.4 is 10.5 Å². The van der Waals surface area contributed by atoms with Crippen molar-refractivity contribution in [1.82, 2.24) is 19.2 Å². The van der Waals surface area contributed by atoms with Crippen molar-refractivity contribution in [3.05, 3.63) is 59.6 Å². The molecule has 0 bridgehead atoms. The number of sulfonamides is 1. The van der Waals surface area contributed by atoms with Crippen LogP contribution in [0.1, 0.15) is 36.4 Å². The molecule has 0 radical (unpaired) electrons. The van der Waals surface area contributed by atoms with Crippen LogP contribution >= 0.6 is 11.5 Å². The van der Waals surface area contributed by atoms with E-state index in [4.69, 9.17) is 5.73 Å². The Labute approximate surface area is 182 Å². The summed E-state index contributed by atoms with van der Waals surface area (Å²) in [5, 5.41) is -0.0309. The fourth-order valence-electron chi connectivity index (χ4n) is 3.73. The Balaban J connectivity index is 1.59. The molecule has 31 heavy (non-hydrogen) atoms. The van der Waals surface area contributed by atoms with Crippen LogP contribution in [0, 0.1) is 11.6 Å². The van der Waals surface area contributed by atoms with Crippen LogP contribution in [0.2, 0.25) is 0 Å². The molecule has 0 spiro atoms. The zero-order chi connectivity index (χ0) is 22.0. The molecule has 164 valence electrons. The zero-order valence-corrected chi connectivity index (χ0v) is 18.0. The van der Waals surface area contributed by atoms with Gasteiger partial charge in [-0.3, -0.25) is 9.62 Å². The number of hydrogen-bond donors (Lipinski definition) is 2. The molecule has 1 atom stereocenters. The van der Waals surface area contributed by atoms with E-state index in [-0.39, 0.29) is 23.3 Å². The normalized spacial score (nSPS) is 17.5. The van der Waals surface area contributed by atoms with Crippen molar-refractivity contribution in [1.29, 1.82) is 0 Å². The Hall–Kier alpha value is -2.70. The molecule has 8 nitrogen and oxygen atoms in total. The van der Waals surface area contributed by atoms with Gasteiger partial charge >= 0.3 is 0 Å². The summed E-state index contributed by atoms with van der Waals surface area (Å²) in [6, 6.07) is 5.29. The van der Waals surface area contributed by atoms with Crippen molar-refractivity contribution in [2.45, 2.75) is 36.7 Å². The van der Waals surface area contributed by atoms with Gasteiger partial charge in [0.05, 0.1) is 0 Å². The highest BCUT2D eigenvalue weighted by Crippen LogP contribution is 2.33. The first kappa shape index (κ1) is 21.5. The van der Waals surface area contributed by atoms with E-state index < -0.39 is 26.6 Å². The molecular formula is C19H20F2N6O2S2. The van der Waals surface area contributed by atoms with E-state index >= 15 is 0 Å². The molecule has 1 saturated heterocycles. The minimum atomic E-state index is -4.34. The van der Waals surface area contributed by atoms with Crippen LogP contribution in [-0.4, -0.2) is 34.2 Å². The van der Waals surface area contributed by atoms with Crippen LogP contribution in [0.4, 0.5) is 19.7 Å². The van der Waals surface area contributed by atoms with Crippen molar-refractivity contribution in [3.63, 3.8) is 0 Å². The van der Waals surface area contributed by atoms with Gasteiger partial charge in [-0.05, 0) is 49.2 Å². The number of hydrogen-bond acceptors (Lipinski definition) is 8. The Morgan fingerprint density at radius 3 is 2.77 bits per heavy atom. The van der Waals surface area contributed by atoms with Crippen LogP contribution in [0.3, 0.4) is 0 Å². The van der Waals surface area contributed by atoms with E-state index in [1.807, 2.05) is 11.0 Å². The van der Waals surface area contributed by atoms with Gasteiger partial charge < -0.3 is 5.73 Å². The van der Waals surface area contributed by atoms with Crippen LogP contribution in [0.25, 0.3) is 0 Å². The smallest absolute Gasteiger partial charge is 0.266 e. The zero-order valence-electron chi connectivity index (χ0n) is 16.3. The summed E-state index contributed by atoms with van der Waals surface area (Å²) in [4.78, 5) is 8.97. The Morgan fingerprint density at radius 2 is 2.03 bits per heavy atom. The van der Waals surface area contributed by atoms with E-state index in [2.05, 4.69) is 19.1 Å². The summed E-state index contributed by atoms with van der Waals surface area (Å²) in [6.45, 7) is 0.840. The molecule has 3 aromatic rings. The molecule has 0 aliphatic carbocycles. The molecule has 0 saturated carbocycles. The second kappa shape index (κ2) is 8.81. The molecule has 3 heterocycles. The highest BCUT2D eigenvalue weighted by atomic mass is 32.2. The fourth-order valence-corrected chi connectivity index (χ4v) is 5.47. The summed E-state index contributed by atoms with van der Waals surface area (Å²) in [7, 11) is -4.34. The first-order valence-electron chi connectivity index (χ1n) is 9.56. The summed E-state index contributed by atoms with van der Waals surface area (Å²) >= 11 is 0.792. The van der Waals surface area contributed by atoms with E-state index in [9.17, 15) is 17.2 Å². The molecule has 0 unspecified atom stereocenters. The van der Waals surface area contributed by atoms with Gasteiger partial charge in [-0.25, -0.2) is 27.2 Å². The third-order valence-corrected chi connectivity index (χ3v) is 7.21. The maximum Gasteiger partial charge on any atom is 0.266 e. The number of rotatable bonds is 6. The second-order valence-corrected chi connectivity index (χ2v) is 9.65. The van der Waals surface area contributed by atoms with Gasteiger partial charge in [0, 0.05) is 35.9 Å². The molecular weight excluding hydrogens is 446 g/mol. The maximum atomic E-state index is 14.8. The minimum Gasteiger partial charge on any atom is -0.384 e. The minimum absolute atomic E-state index is 0.0102. The lowest BCUT2D eigenvalue weighted by molar-refractivity contribution is 0.138. The lowest BCUT2D eigenvalue weighted by atomic mass is 9.95. The first-order chi connectivity index (χ1) is 14.8. The molecule has 1 aromatic carbocycles. The van der Waals surface area contributed by atoms with Gasteiger partial charge in [-0.15, -0.1) is 0 Å². The molecule has 2 aromatic heterocycles. The largest absolute Gasteiger partial charge is 0.384 e. The monoisotopic (exact) mass is 466 g/mol. The third kappa shape index (κ3) is 4.81. The molecule has 1 fully saturated rings. The first-order valence-corrected chi connectivity index (χ1v) is 11.8. The van der Waals surface area contributed by atoms with E-state index in [1.54, 1.807) is 12.3 Å². The lowest BCUT2D eigenvalue weighted by Gasteiger charge is -2.36. The number of nitrogens with two attached hydrogens (primary N) is 1. The number of nitrogens with one attached hydrogen (secondary N) is 1. The van der Waals surface area contributed by atoms with Crippen LogP contribution in [-0.2, 0) is 16.6 Å². The molecule has 12 heteroatoms. The van der Waals surface area contributed by atoms with Gasteiger partial charge in [0.25, 0.3) is 10.0 Å². The predicted molar refractivity (Wildman–Crippen MR) is 113 cm³/mol. The van der Waals surface area contributed by atoms with Crippen molar-refractivity contribution in [3.8, 4) is 0 Å². The maximum absolute atomic E-state index is 14.8. The summed E-state index contributed by atoms with van der Waals surface area (Å²) in [5.74, 6) is -1.43. The second-order valence-electron chi connectivity index (χ2n) is 7.22. The van der Waals surface area contributed by atoms with Crippen molar-refractivity contribution in [2.24, 2.45) is 0 Å². The van der Waals surface area contributed by atoms with Crippen LogP contribution in [0.5, 0.6) is 0 Å². The number of nitrogens with zero attached hydrogens (tertiary/aromatic N) is 4. The van der Waals surface area contributed by atoms with Gasteiger partial charge in [0.1, 0.15) is 28.7 Å². The number of nitrogen functional groups attached to an aromatic ring is 1. The van der Waals surface area contributed by atoms with Gasteiger partial charge in [0.2, 0.25) is 5.13 Å². The van der Waals surface area contributed by atoms with Gasteiger partial charge in [0.15, 0.2) is 0 Å². The standard InChI is InChI=1S/C19H20F2N6O2S2/c20-14-9-17(31(28,29)26-19-24-11-25-30-19)15(21)7-13(14)10-27-6-2-1-3-16(27)12-4-5-23-18(22)8-12/h4-5,7-9,11,16H,1-3,6,10H2,(H2,22,23)(H,24,25,26)/t16-/m0/s1. The average molecular weight is 467 g/mol. The molecule has 3 N–H and O–H groups in total. The number of piperidine rings is 1. The van der Waals surface area contributed by atoms with Crippen LogP contribution in [0.15, 0.2) is 41.7 Å². The van der Waals surface area contributed by atoms with Crippen molar-refractivity contribution in [2.75, 3.05) is 17.0 Å². The Morgan fingerprint density at radius 1 is 1.19 bits per heavy atom. The molecule has 1 aliphatic rings. The fraction of sp³-hybridized carbons (Fsp3) is 0.316. The number of benzene rings is 1. The summed E-state index contributed by atoms with van der Waals surface area (Å²) in [6.07, 6.45) is 5.58. The van der Waals surface area contributed by atoms with E-state index in [0.717, 1.165) is 48.8 Å². The number of halogens is 2. The average Bonchev–Trinajstić information content (AvgIpc) is 3.23.